The maximum absolute atomic E-state index is 12.6. The van der Waals surface area contributed by atoms with Crippen molar-refractivity contribution in [3.05, 3.63) is 29.8 Å². The molecule has 1 saturated heterocycles. The molecule has 1 aromatic carbocycles. The Labute approximate surface area is 150 Å². The predicted octanol–water partition coefficient (Wildman–Crippen LogP) is 1.98. The number of rotatable bonds is 8. The van der Waals surface area contributed by atoms with Crippen LogP contribution in [0.2, 0.25) is 0 Å². The van der Waals surface area contributed by atoms with Crippen molar-refractivity contribution in [1.29, 1.82) is 0 Å². The summed E-state index contributed by atoms with van der Waals surface area (Å²) in [5.41, 5.74) is 0.979. The van der Waals surface area contributed by atoms with Crippen molar-refractivity contribution >= 4 is 15.9 Å². The van der Waals surface area contributed by atoms with Gasteiger partial charge in [0.1, 0.15) is 6.04 Å². The number of carbonyl (C=O) groups excluding carboxylic acids is 1. The molecule has 1 aliphatic heterocycles. The van der Waals surface area contributed by atoms with Crippen molar-refractivity contribution in [2.75, 3.05) is 13.2 Å². The number of nitrogens with one attached hydrogen (secondary N) is 2. The van der Waals surface area contributed by atoms with E-state index < -0.39 is 16.1 Å². The molecular weight excluding hydrogens is 340 g/mol. The van der Waals surface area contributed by atoms with Crippen LogP contribution >= 0.6 is 0 Å². The standard InChI is InChI=1S/C18H28N2O4S/c1-13(2)11-17(18(21)19-12-15-5-4-10-24-15)20-25(22,23)16-8-6-14(3)7-9-16/h6-9,13,15,17,20H,4-5,10-12H2,1-3H3,(H,19,21). The fraction of sp³-hybridized carbons (Fsp3) is 0.611. The molecule has 0 bridgehead atoms. The van der Waals surface area contributed by atoms with E-state index in [1.165, 1.54) is 0 Å². The fourth-order valence-electron chi connectivity index (χ4n) is 2.80. The van der Waals surface area contributed by atoms with Crippen LogP contribution in [-0.4, -0.2) is 39.6 Å². The van der Waals surface area contributed by atoms with Gasteiger partial charge in [-0.3, -0.25) is 4.79 Å². The number of carbonyl (C=O) groups is 1. The van der Waals surface area contributed by atoms with Crippen LogP contribution in [0.5, 0.6) is 0 Å². The van der Waals surface area contributed by atoms with Gasteiger partial charge in [0.25, 0.3) is 0 Å². The summed E-state index contributed by atoms with van der Waals surface area (Å²) in [4.78, 5) is 12.7. The van der Waals surface area contributed by atoms with Crippen LogP contribution in [0.3, 0.4) is 0 Å². The molecule has 0 saturated carbocycles. The minimum absolute atomic E-state index is 0.0253. The van der Waals surface area contributed by atoms with E-state index in [0.717, 1.165) is 25.0 Å². The van der Waals surface area contributed by atoms with Gasteiger partial charge in [-0.15, -0.1) is 0 Å². The number of amides is 1. The third kappa shape index (κ3) is 6.09. The zero-order valence-corrected chi connectivity index (χ0v) is 15.9. The molecule has 2 atom stereocenters. The van der Waals surface area contributed by atoms with E-state index in [9.17, 15) is 13.2 Å². The second kappa shape index (κ2) is 8.78. The first kappa shape index (κ1) is 19.9. The zero-order chi connectivity index (χ0) is 18.4. The first-order chi connectivity index (χ1) is 11.8. The van der Waals surface area contributed by atoms with E-state index in [-0.39, 0.29) is 22.8 Å². The molecule has 6 nitrogen and oxygen atoms in total. The summed E-state index contributed by atoms with van der Waals surface area (Å²) in [5, 5.41) is 2.82. The Balaban J connectivity index is 2.04. The molecule has 25 heavy (non-hydrogen) atoms. The van der Waals surface area contributed by atoms with Crippen LogP contribution in [-0.2, 0) is 19.6 Å². The van der Waals surface area contributed by atoms with Gasteiger partial charge >= 0.3 is 0 Å². The zero-order valence-electron chi connectivity index (χ0n) is 15.1. The number of hydrogen-bond acceptors (Lipinski definition) is 4. The molecule has 0 radical (unpaired) electrons. The molecule has 7 heteroatoms. The Morgan fingerprint density at radius 3 is 2.52 bits per heavy atom. The minimum Gasteiger partial charge on any atom is -0.376 e. The van der Waals surface area contributed by atoms with Crippen LogP contribution in [0.25, 0.3) is 0 Å². The Kier molecular flexibility index (Phi) is 6.98. The summed E-state index contributed by atoms with van der Waals surface area (Å²) in [5.74, 6) is -0.126. The predicted molar refractivity (Wildman–Crippen MR) is 96.7 cm³/mol. The molecule has 1 aliphatic rings. The van der Waals surface area contributed by atoms with Gasteiger partial charge in [0, 0.05) is 13.2 Å². The summed E-state index contributed by atoms with van der Waals surface area (Å²) in [7, 11) is -3.75. The highest BCUT2D eigenvalue weighted by Crippen LogP contribution is 2.14. The fourth-order valence-corrected chi connectivity index (χ4v) is 4.00. The van der Waals surface area contributed by atoms with Crippen molar-refractivity contribution in [2.24, 2.45) is 5.92 Å². The van der Waals surface area contributed by atoms with Crippen molar-refractivity contribution in [2.45, 2.75) is 57.1 Å². The lowest BCUT2D eigenvalue weighted by Crippen LogP contribution is -2.48. The average Bonchev–Trinajstić information content (AvgIpc) is 3.05. The number of hydrogen-bond donors (Lipinski definition) is 2. The summed E-state index contributed by atoms with van der Waals surface area (Å²) in [6, 6.07) is 5.78. The van der Waals surface area contributed by atoms with Gasteiger partial charge in [-0.05, 0) is 44.2 Å². The maximum atomic E-state index is 12.6. The minimum atomic E-state index is -3.75. The second-order valence-corrected chi connectivity index (χ2v) is 8.71. The molecule has 0 aliphatic carbocycles. The van der Waals surface area contributed by atoms with E-state index in [2.05, 4.69) is 10.0 Å². The Hall–Kier alpha value is -1.44. The molecule has 1 aromatic rings. The van der Waals surface area contributed by atoms with Crippen LogP contribution in [0.1, 0.15) is 38.7 Å². The Morgan fingerprint density at radius 1 is 1.28 bits per heavy atom. The number of sulfonamides is 1. The van der Waals surface area contributed by atoms with Crippen molar-refractivity contribution in [3.8, 4) is 0 Å². The van der Waals surface area contributed by atoms with Crippen molar-refractivity contribution < 1.29 is 17.9 Å². The third-order valence-electron chi connectivity index (χ3n) is 4.18. The molecule has 0 aromatic heterocycles. The third-order valence-corrected chi connectivity index (χ3v) is 5.67. The number of benzene rings is 1. The number of ether oxygens (including phenoxy) is 1. The molecule has 2 unspecified atom stereocenters. The molecular formula is C18H28N2O4S. The average molecular weight is 368 g/mol. The smallest absolute Gasteiger partial charge is 0.241 e. The Morgan fingerprint density at radius 2 is 1.96 bits per heavy atom. The van der Waals surface area contributed by atoms with Crippen molar-refractivity contribution in [1.82, 2.24) is 10.0 Å². The first-order valence-corrected chi connectivity index (χ1v) is 10.2. The second-order valence-electron chi connectivity index (χ2n) is 7.00. The van der Waals surface area contributed by atoms with Gasteiger partial charge in [-0.2, -0.15) is 4.72 Å². The molecule has 2 rings (SSSR count). The monoisotopic (exact) mass is 368 g/mol. The lowest BCUT2D eigenvalue weighted by Gasteiger charge is -2.21. The van der Waals surface area contributed by atoms with Gasteiger partial charge in [-0.25, -0.2) is 8.42 Å². The maximum Gasteiger partial charge on any atom is 0.241 e. The van der Waals surface area contributed by atoms with Gasteiger partial charge in [-0.1, -0.05) is 31.5 Å². The van der Waals surface area contributed by atoms with Crippen LogP contribution in [0.15, 0.2) is 29.2 Å². The van der Waals surface area contributed by atoms with Crippen molar-refractivity contribution in [3.63, 3.8) is 0 Å². The van der Waals surface area contributed by atoms with Crippen LogP contribution in [0, 0.1) is 12.8 Å². The van der Waals surface area contributed by atoms with E-state index in [0.29, 0.717) is 13.0 Å². The van der Waals surface area contributed by atoms with Gasteiger partial charge in [0.15, 0.2) is 0 Å². The lowest BCUT2D eigenvalue weighted by molar-refractivity contribution is -0.123. The molecule has 0 spiro atoms. The normalized spacial score (nSPS) is 19.1. The summed E-state index contributed by atoms with van der Waals surface area (Å²) in [6.07, 6.45) is 2.38. The molecule has 1 fully saturated rings. The highest BCUT2D eigenvalue weighted by atomic mass is 32.2. The highest BCUT2D eigenvalue weighted by molar-refractivity contribution is 7.89. The van der Waals surface area contributed by atoms with Gasteiger partial charge in [0.05, 0.1) is 11.0 Å². The Bertz CT molecular complexity index is 665. The summed E-state index contributed by atoms with van der Waals surface area (Å²) < 4.78 is 33.2. The van der Waals surface area contributed by atoms with E-state index in [1.54, 1.807) is 24.3 Å². The van der Waals surface area contributed by atoms with E-state index in [1.807, 2.05) is 20.8 Å². The van der Waals surface area contributed by atoms with Gasteiger partial charge < -0.3 is 10.1 Å². The highest BCUT2D eigenvalue weighted by Gasteiger charge is 2.27. The molecule has 1 amide bonds. The lowest BCUT2D eigenvalue weighted by atomic mass is 10.0. The largest absolute Gasteiger partial charge is 0.376 e. The van der Waals surface area contributed by atoms with Gasteiger partial charge in [0.2, 0.25) is 15.9 Å². The SMILES string of the molecule is Cc1ccc(S(=O)(=O)NC(CC(C)C)C(=O)NCC2CCCO2)cc1. The van der Waals surface area contributed by atoms with Crippen LogP contribution < -0.4 is 10.0 Å². The van der Waals surface area contributed by atoms with Crippen LogP contribution in [0.4, 0.5) is 0 Å². The van der Waals surface area contributed by atoms with E-state index in [4.69, 9.17) is 4.74 Å². The first-order valence-electron chi connectivity index (χ1n) is 8.76. The number of aryl methyl sites for hydroxylation is 1. The molecule has 140 valence electrons. The molecule has 2 N–H and O–H groups in total. The summed E-state index contributed by atoms with van der Waals surface area (Å²) in [6.45, 7) is 6.95. The molecule has 1 heterocycles. The van der Waals surface area contributed by atoms with E-state index >= 15 is 0 Å². The summed E-state index contributed by atoms with van der Waals surface area (Å²) >= 11 is 0. The topological polar surface area (TPSA) is 84.5 Å². The quantitative estimate of drug-likeness (QED) is 0.735.